The number of nitrogens with one attached hydrogen (secondary N) is 1. The van der Waals surface area contributed by atoms with E-state index in [0.29, 0.717) is 12.1 Å². The molecule has 0 aliphatic carbocycles. The van der Waals surface area contributed by atoms with E-state index in [9.17, 15) is 4.79 Å². The van der Waals surface area contributed by atoms with Crippen molar-refractivity contribution < 1.29 is 4.79 Å². The Morgan fingerprint density at radius 2 is 1.85 bits per heavy atom. The maximum absolute atomic E-state index is 12.3. The van der Waals surface area contributed by atoms with Crippen molar-refractivity contribution in [1.29, 1.82) is 0 Å². The van der Waals surface area contributed by atoms with Crippen molar-refractivity contribution in [3.8, 4) is 0 Å². The van der Waals surface area contributed by atoms with E-state index in [2.05, 4.69) is 34.4 Å². The molecule has 0 fully saturated rings. The van der Waals surface area contributed by atoms with Crippen molar-refractivity contribution in [3.63, 3.8) is 0 Å². The van der Waals surface area contributed by atoms with Crippen molar-refractivity contribution in [2.45, 2.75) is 19.4 Å². The van der Waals surface area contributed by atoms with Crippen LogP contribution in [0, 0.1) is 0 Å². The second-order valence-corrected chi connectivity index (χ2v) is 6.65. The molecule has 5 heteroatoms. The first-order valence-electron chi connectivity index (χ1n) is 9.31. The third-order valence-electron chi connectivity index (χ3n) is 4.54. The Morgan fingerprint density at radius 1 is 1.07 bits per heavy atom. The number of carbonyl (C=O) groups excluding carboxylic acids is 1. The van der Waals surface area contributed by atoms with Crippen LogP contribution in [0.25, 0.3) is 0 Å². The number of para-hydroxylation sites is 1. The number of hydrogen-bond donors (Lipinski definition) is 1. The number of carbonyl (C=O) groups is 1. The summed E-state index contributed by atoms with van der Waals surface area (Å²) >= 11 is 0. The van der Waals surface area contributed by atoms with Crippen LogP contribution in [-0.4, -0.2) is 35.6 Å². The predicted molar refractivity (Wildman–Crippen MR) is 109 cm³/mol. The standard InChI is InChI=1S/C22H26N4O/c1-25(21-7-3-2-4-8-21)15-6-5-13-24-22(27)20-11-9-19(10-12-20)17-26-16-14-23-18-26/h2-4,7-12,14,16,18H,5-6,13,15,17H2,1H3,(H,24,27). The number of unbranched alkanes of at least 4 members (excludes halogenated alkanes) is 1. The zero-order chi connectivity index (χ0) is 18.9. The molecule has 0 aliphatic heterocycles. The molecule has 0 radical (unpaired) electrons. The molecule has 1 N–H and O–H groups in total. The zero-order valence-corrected chi connectivity index (χ0v) is 15.7. The molecule has 1 aromatic heterocycles. The molecular weight excluding hydrogens is 336 g/mol. The first-order valence-corrected chi connectivity index (χ1v) is 9.31. The normalized spacial score (nSPS) is 10.6. The lowest BCUT2D eigenvalue weighted by Crippen LogP contribution is -2.25. The Hall–Kier alpha value is -3.08. The van der Waals surface area contributed by atoms with Gasteiger partial charge in [0.05, 0.1) is 6.33 Å². The number of hydrogen-bond acceptors (Lipinski definition) is 3. The molecule has 140 valence electrons. The fourth-order valence-corrected chi connectivity index (χ4v) is 2.94. The van der Waals surface area contributed by atoms with Gasteiger partial charge in [0, 0.05) is 50.3 Å². The lowest BCUT2D eigenvalue weighted by Gasteiger charge is -2.19. The molecule has 0 unspecified atom stereocenters. The highest BCUT2D eigenvalue weighted by Gasteiger charge is 2.05. The minimum absolute atomic E-state index is 0.0133. The largest absolute Gasteiger partial charge is 0.375 e. The highest BCUT2D eigenvalue weighted by molar-refractivity contribution is 5.94. The van der Waals surface area contributed by atoms with E-state index in [1.54, 1.807) is 12.5 Å². The topological polar surface area (TPSA) is 50.2 Å². The van der Waals surface area contributed by atoms with Gasteiger partial charge < -0.3 is 14.8 Å². The van der Waals surface area contributed by atoms with Gasteiger partial charge in [0.1, 0.15) is 0 Å². The fraction of sp³-hybridized carbons (Fsp3) is 0.273. The Kier molecular flexibility index (Phi) is 6.63. The molecule has 1 amide bonds. The van der Waals surface area contributed by atoms with Gasteiger partial charge in [0.2, 0.25) is 0 Å². The van der Waals surface area contributed by atoms with Crippen molar-refractivity contribution in [2.24, 2.45) is 0 Å². The molecule has 0 aliphatic rings. The van der Waals surface area contributed by atoms with E-state index in [-0.39, 0.29) is 5.91 Å². The van der Waals surface area contributed by atoms with Gasteiger partial charge in [-0.1, -0.05) is 30.3 Å². The van der Waals surface area contributed by atoms with E-state index < -0.39 is 0 Å². The third-order valence-corrected chi connectivity index (χ3v) is 4.54. The van der Waals surface area contributed by atoms with Crippen LogP contribution in [0.1, 0.15) is 28.8 Å². The van der Waals surface area contributed by atoms with Crippen molar-refractivity contribution in [3.05, 3.63) is 84.4 Å². The molecule has 1 heterocycles. The van der Waals surface area contributed by atoms with Crippen LogP contribution in [0.2, 0.25) is 0 Å². The van der Waals surface area contributed by atoms with Crippen LogP contribution in [0.5, 0.6) is 0 Å². The van der Waals surface area contributed by atoms with E-state index in [1.165, 1.54) is 5.69 Å². The summed E-state index contributed by atoms with van der Waals surface area (Å²) in [4.78, 5) is 18.5. The summed E-state index contributed by atoms with van der Waals surface area (Å²) in [6.07, 6.45) is 7.47. The number of rotatable bonds is 9. The molecule has 3 rings (SSSR count). The fourth-order valence-electron chi connectivity index (χ4n) is 2.94. The minimum Gasteiger partial charge on any atom is -0.375 e. The Bertz CT molecular complexity index is 813. The van der Waals surface area contributed by atoms with Crippen molar-refractivity contribution in [1.82, 2.24) is 14.9 Å². The number of benzene rings is 2. The molecule has 0 saturated carbocycles. The first-order chi connectivity index (χ1) is 13.2. The molecule has 27 heavy (non-hydrogen) atoms. The maximum Gasteiger partial charge on any atom is 0.251 e. The van der Waals surface area contributed by atoms with Gasteiger partial charge in [0.25, 0.3) is 5.91 Å². The average molecular weight is 362 g/mol. The van der Waals surface area contributed by atoms with Crippen LogP contribution in [0.3, 0.4) is 0 Å². The molecule has 2 aromatic carbocycles. The zero-order valence-electron chi connectivity index (χ0n) is 15.7. The van der Waals surface area contributed by atoms with E-state index in [4.69, 9.17) is 0 Å². The molecule has 5 nitrogen and oxygen atoms in total. The summed E-state index contributed by atoms with van der Waals surface area (Å²) in [7, 11) is 2.10. The summed E-state index contributed by atoms with van der Waals surface area (Å²) in [5.41, 5.74) is 3.07. The van der Waals surface area contributed by atoms with Gasteiger partial charge in [-0.3, -0.25) is 4.79 Å². The van der Waals surface area contributed by atoms with Crippen LogP contribution < -0.4 is 10.2 Å². The Balaban J connectivity index is 1.36. The van der Waals surface area contributed by atoms with Crippen LogP contribution >= 0.6 is 0 Å². The SMILES string of the molecule is CN(CCCCNC(=O)c1ccc(Cn2ccnc2)cc1)c1ccccc1. The number of aromatic nitrogens is 2. The molecule has 0 bridgehead atoms. The summed E-state index contributed by atoms with van der Waals surface area (Å²) in [6, 6.07) is 18.1. The Labute approximate surface area is 160 Å². The smallest absolute Gasteiger partial charge is 0.251 e. The lowest BCUT2D eigenvalue weighted by molar-refractivity contribution is 0.0953. The number of nitrogens with zero attached hydrogens (tertiary/aromatic N) is 3. The van der Waals surface area contributed by atoms with Gasteiger partial charge in [-0.05, 0) is 42.7 Å². The van der Waals surface area contributed by atoms with Crippen molar-refractivity contribution in [2.75, 3.05) is 25.0 Å². The van der Waals surface area contributed by atoms with Gasteiger partial charge in [-0.2, -0.15) is 0 Å². The number of anilines is 1. The lowest BCUT2D eigenvalue weighted by atomic mass is 10.1. The maximum atomic E-state index is 12.3. The second-order valence-electron chi connectivity index (χ2n) is 6.65. The van der Waals surface area contributed by atoms with Gasteiger partial charge in [0.15, 0.2) is 0 Å². The van der Waals surface area contributed by atoms with Gasteiger partial charge in [-0.15, -0.1) is 0 Å². The summed E-state index contributed by atoms with van der Waals surface area (Å²) in [6.45, 7) is 2.43. The quantitative estimate of drug-likeness (QED) is 0.592. The number of imidazole rings is 1. The number of amides is 1. The average Bonchev–Trinajstić information content (AvgIpc) is 3.21. The molecular formula is C22H26N4O. The van der Waals surface area contributed by atoms with Gasteiger partial charge >= 0.3 is 0 Å². The minimum atomic E-state index is -0.0133. The third kappa shape index (κ3) is 5.71. The van der Waals surface area contributed by atoms with Crippen LogP contribution in [-0.2, 0) is 6.54 Å². The van der Waals surface area contributed by atoms with Gasteiger partial charge in [-0.25, -0.2) is 4.98 Å². The first kappa shape index (κ1) is 18.7. The highest BCUT2D eigenvalue weighted by atomic mass is 16.1. The van der Waals surface area contributed by atoms with Crippen LogP contribution in [0.4, 0.5) is 5.69 Å². The highest BCUT2D eigenvalue weighted by Crippen LogP contribution is 2.11. The Morgan fingerprint density at radius 3 is 2.56 bits per heavy atom. The monoisotopic (exact) mass is 362 g/mol. The summed E-state index contributed by atoms with van der Waals surface area (Å²) in [5, 5.41) is 3.00. The van der Waals surface area contributed by atoms with E-state index >= 15 is 0 Å². The van der Waals surface area contributed by atoms with E-state index in [0.717, 1.165) is 31.5 Å². The second kappa shape index (κ2) is 9.57. The van der Waals surface area contributed by atoms with Crippen LogP contribution in [0.15, 0.2) is 73.3 Å². The summed E-state index contributed by atoms with van der Waals surface area (Å²) < 4.78 is 2.00. The summed E-state index contributed by atoms with van der Waals surface area (Å²) in [5.74, 6) is -0.0133. The predicted octanol–water partition coefficient (Wildman–Crippen LogP) is 3.58. The van der Waals surface area contributed by atoms with E-state index in [1.807, 2.05) is 53.2 Å². The molecule has 0 atom stereocenters. The molecule has 0 spiro atoms. The molecule has 0 saturated heterocycles. The molecule has 3 aromatic rings. The van der Waals surface area contributed by atoms with Crippen molar-refractivity contribution >= 4 is 11.6 Å².